The molecular weight excluding hydrogens is 260 g/mol. The van der Waals surface area contributed by atoms with Gasteiger partial charge in [-0.1, -0.05) is 0 Å². The van der Waals surface area contributed by atoms with Crippen molar-refractivity contribution >= 4 is 21.7 Å². The van der Waals surface area contributed by atoms with Crippen LogP contribution in [0.5, 0.6) is 0 Å². The van der Waals surface area contributed by atoms with Crippen molar-refractivity contribution in [2.45, 2.75) is 26.8 Å². The fraction of sp³-hybridized carbons (Fsp3) is 0.600. The van der Waals surface area contributed by atoms with E-state index in [0.29, 0.717) is 12.3 Å². The van der Waals surface area contributed by atoms with E-state index in [4.69, 9.17) is 4.74 Å². The SMILES string of the molecule is CCOCC(=O)c1c(Br)cnn1C(C)C. The van der Waals surface area contributed by atoms with Gasteiger partial charge in [0, 0.05) is 12.6 Å². The molecule has 0 saturated carbocycles. The number of hydrogen-bond acceptors (Lipinski definition) is 3. The van der Waals surface area contributed by atoms with Crippen LogP contribution in [0.4, 0.5) is 0 Å². The molecule has 1 aromatic rings. The summed E-state index contributed by atoms with van der Waals surface area (Å²) in [6, 6.07) is 0.164. The molecule has 0 aliphatic heterocycles. The maximum absolute atomic E-state index is 11.8. The van der Waals surface area contributed by atoms with Gasteiger partial charge in [0.05, 0.1) is 10.7 Å². The van der Waals surface area contributed by atoms with Gasteiger partial charge in [0.15, 0.2) is 0 Å². The first-order chi connectivity index (χ1) is 7.07. The van der Waals surface area contributed by atoms with Gasteiger partial charge >= 0.3 is 0 Å². The lowest BCUT2D eigenvalue weighted by atomic mass is 10.2. The summed E-state index contributed by atoms with van der Waals surface area (Å²) in [5.74, 6) is -0.0464. The van der Waals surface area contributed by atoms with Gasteiger partial charge in [0.1, 0.15) is 12.3 Å². The number of nitrogens with zero attached hydrogens (tertiary/aromatic N) is 2. The Morgan fingerprint density at radius 3 is 2.87 bits per heavy atom. The van der Waals surface area contributed by atoms with Crippen LogP contribution in [0.3, 0.4) is 0 Å². The van der Waals surface area contributed by atoms with Gasteiger partial charge in [-0.2, -0.15) is 5.10 Å². The molecule has 0 radical (unpaired) electrons. The minimum Gasteiger partial charge on any atom is -0.374 e. The number of halogens is 1. The van der Waals surface area contributed by atoms with E-state index in [1.54, 1.807) is 10.9 Å². The smallest absolute Gasteiger partial charge is 0.207 e. The van der Waals surface area contributed by atoms with E-state index in [9.17, 15) is 4.79 Å². The molecule has 0 spiro atoms. The van der Waals surface area contributed by atoms with Crippen molar-refractivity contribution in [3.8, 4) is 0 Å². The second-order valence-corrected chi connectivity index (χ2v) is 4.29. The fourth-order valence-electron chi connectivity index (χ4n) is 1.26. The number of Topliss-reactive ketones (excluding diaryl/α,β-unsaturated/α-hetero) is 1. The van der Waals surface area contributed by atoms with Crippen molar-refractivity contribution in [1.29, 1.82) is 0 Å². The highest BCUT2D eigenvalue weighted by Crippen LogP contribution is 2.20. The van der Waals surface area contributed by atoms with E-state index in [1.165, 1.54) is 0 Å². The Kier molecular flexibility index (Phi) is 4.47. The number of aromatic nitrogens is 2. The third-order valence-electron chi connectivity index (χ3n) is 1.94. The molecule has 84 valence electrons. The van der Waals surface area contributed by atoms with E-state index in [-0.39, 0.29) is 18.4 Å². The van der Waals surface area contributed by atoms with Crippen molar-refractivity contribution < 1.29 is 9.53 Å². The molecule has 0 N–H and O–H groups in total. The Morgan fingerprint density at radius 1 is 1.67 bits per heavy atom. The number of ketones is 1. The molecule has 1 rings (SSSR count). The average molecular weight is 275 g/mol. The molecule has 0 aromatic carbocycles. The van der Waals surface area contributed by atoms with Crippen LogP contribution < -0.4 is 0 Å². The van der Waals surface area contributed by atoms with Crippen molar-refractivity contribution in [2.24, 2.45) is 0 Å². The van der Waals surface area contributed by atoms with E-state index < -0.39 is 0 Å². The van der Waals surface area contributed by atoms with Gasteiger partial charge in [-0.25, -0.2) is 0 Å². The zero-order chi connectivity index (χ0) is 11.4. The summed E-state index contributed by atoms with van der Waals surface area (Å²) in [5, 5.41) is 4.14. The molecule has 0 aliphatic carbocycles. The zero-order valence-corrected chi connectivity index (χ0v) is 10.7. The molecule has 0 aliphatic rings. The van der Waals surface area contributed by atoms with Gasteiger partial charge < -0.3 is 4.74 Å². The lowest BCUT2D eigenvalue weighted by Gasteiger charge is -2.10. The maximum atomic E-state index is 11.8. The Bertz CT molecular complexity index is 347. The number of rotatable bonds is 5. The highest BCUT2D eigenvalue weighted by molar-refractivity contribution is 9.10. The van der Waals surface area contributed by atoms with Crippen LogP contribution in [-0.4, -0.2) is 28.8 Å². The zero-order valence-electron chi connectivity index (χ0n) is 9.16. The minimum atomic E-state index is -0.0464. The normalized spacial score (nSPS) is 11.0. The van der Waals surface area contributed by atoms with E-state index in [1.807, 2.05) is 20.8 Å². The fourth-order valence-corrected chi connectivity index (χ4v) is 1.75. The molecule has 5 heteroatoms. The molecule has 0 amide bonds. The maximum Gasteiger partial charge on any atom is 0.207 e. The summed E-state index contributed by atoms with van der Waals surface area (Å²) >= 11 is 3.32. The molecule has 0 unspecified atom stereocenters. The number of carbonyl (C=O) groups excluding carboxylic acids is 1. The first kappa shape index (κ1) is 12.4. The number of carbonyl (C=O) groups is 1. The summed E-state index contributed by atoms with van der Waals surface area (Å²) in [6.07, 6.45) is 1.64. The van der Waals surface area contributed by atoms with Crippen LogP contribution in [0.15, 0.2) is 10.7 Å². The van der Waals surface area contributed by atoms with Crippen LogP contribution >= 0.6 is 15.9 Å². The average Bonchev–Trinajstić information content (AvgIpc) is 2.56. The number of ether oxygens (including phenoxy) is 1. The van der Waals surface area contributed by atoms with Crippen LogP contribution in [0.2, 0.25) is 0 Å². The number of hydrogen-bond donors (Lipinski definition) is 0. The van der Waals surface area contributed by atoms with Gasteiger partial charge in [-0.15, -0.1) is 0 Å². The van der Waals surface area contributed by atoms with Crippen molar-refractivity contribution in [2.75, 3.05) is 13.2 Å². The van der Waals surface area contributed by atoms with Gasteiger partial charge in [0.2, 0.25) is 5.78 Å². The quantitative estimate of drug-likeness (QED) is 0.775. The lowest BCUT2D eigenvalue weighted by Crippen LogP contribution is -2.17. The van der Waals surface area contributed by atoms with Crippen LogP contribution in [0.1, 0.15) is 37.3 Å². The second-order valence-electron chi connectivity index (χ2n) is 3.44. The highest BCUT2D eigenvalue weighted by Gasteiger charge is 2.18. The first-order valence-corrected chi connectivity index (χ1v) is 5.71. The molecule has 1 aromatic heterocycles. The summed E-state index contributed by atoms with van der Waals surface area (Å²) in [5.41, 5.74) is 0.582. The summed E-state index contributed by atoms with van der Waals surface area (Å²) in [7, 11) is 0. The topological polar surface area (TPSA) is 44.1 Å². The highest BCUT2D eigenvalue weighted by atomic mass is 79.9. The first-order valence-electron chi connectivity index (χ1n) is 4.91. The third kappa shape index (κ3) is 2.89. The Labute approximate surface area is 97.7 Å². The standard InChI is InChI=1S/C10H15BrN2O2/c1-4-15-6-9(14)10-8(11)5-12-13(10)7(2)3/h5,7H,4,6H2,1-3H3. The molecule has 0 fully saturated rings. The Hall–Kier alpha value is -0.680. The molecular formula is C10H15BrN2O2. The van der Waals surface area contributed by atoms with E-state index >= 15 is 0 Å². The van der Waals surface area contributed by atoms with E-state index in [2.05, 4.69) is 21.0 Å². The van der Waals surface area contributed by atoms with Gasteiger partial charge in [-0.3, -0.25) is 9.48 Å². The lowest BCUT2D eigenvalue weighted by molar-refractivity contribution is 0.0770. The predicted molar refractivity (Wildman–Crippen MR) is 61.1 cm³/mol. The van der Waals surface area contributed by atoms with E-state index in [0.717, 1.165) is 4.47 Å². The molecule has 1 heterocycles. The Morgan fingerprint density at radius 2 is 2.33 bits per heavy atom. The van der Waals surface area contributed by atoms with Crippen molar-refractivity contribution in [1.82, 2.24) is 9.78 Å². The van der Waals surface area contributed by atoms with Crippen LogP contribution in [-0.2, 0) is 4.74 Å². The largest absolute Gasteiger partial charge is 0.374 e. The van der Waals surface area contributed by atoms with Crippen LogP contribution in [0, 0.1) is 0 Å². The molecule has 0 atom stereocenters. The van der Waals surface area contributed by atoms with Gasteiger partial charge in [0.25, 0.3) is 0 Å². The second kappa shape index (κ2) is 5.42. The predicted octanol–water partition coefficient (Wildman–Crippen LogP) is 2.45. The summed E-state index contributed by atoms with van der Waals surface area (Å²) in [4.78, 5) is 11.8. The van der Waals surface area contributed by atoms with Crippen molar-refractivity contribution in [3.63, 3.8) is 0 Å². The monoisotopic (exact) mass is 274 g/mol. The summed E-state index contributed by atoms with van der Waals surface area (Å²) < 4.78 is 7.52. The van der Waals surface area contributed by atoms with Gasteiger partial charge in [-0.05, 0) is 36.7 Å². The van der Waals surface area contributed by atoms with Crippen molar-refractivity contribution in [3.05, 3.63) is 16.4 Å². The van der Waals surface area contributed by atoms with Crippen LogP contribution in [0.25, 0.3) is 0 Å². The minimum absolute atomic E-state index is 0.0464. The molecule has 0 bridgehead atoms. The summed E-state index contributed by atoms with van der Waals surface area (Å²) in [6.45, 7) is 6.47. The molecule has 15 heavy (non-hydrogen) atoms. The Balaban J connectivity index is 2.91. The third-order valence-corrected chi connectivity index (χ3v) is 2.52. The molecule has 4 nitrogen and oxygen atoms in total. The molecule has 0 saturated heterocycles.